The smallest absolute Gasteiger partial charge is 0.200 e. The van der Waals surface area contributed by atoms with Crippen molar-refractivity contribution >= 4 is 28.1 Å². The molecule has 0 saturated carbocycles. The van der Waals surface area contributed by atoms with Crippen LogP contribution in [0, 0.1) is 0 Å². The Bertz CT molecular complexity index is 2130. The van der Waals surface area contributed by atoms with E-state index in [9.17, 15) is 0 Å². The van der Waals surface area contributed by atoms with Crippen molar-refractivity contribution in [1.29, 1.82) is 0 Å². The molecule has 2 heterocycles. The van der Waals surface area contributed by atoms with E-state index >= 15 is 0 Å². The average molecular weight is 593 g/mol. The molecule has 0 amide bonds. The molecule has 0 atom stereocenters. The second-order valence-corrected chi connectivity index (χ2v) is 10.8. The first-order chi connectivity index (χ1) is 22.8. The highest BCUT2D eigenvalue weighted by molar-refractivity contribution is 5.83. The molecule has 8 aromatic rings. The summed E-state index contributed by atoms with van der Waals surface area (Å²) >= 11 is 0. The molecule has 2 aromatic heterocycles. The normalized spacial score (nSPS) is 11.0. The van der Waals surface area contributed by atoms with Crippen LogP contribution in [0.2, 0.25) is 0 Å². The molecule has 0 aliphatic heterocycles. The minimum atomic E-state index is 0.503. The van der Waals surface area contributed by atoms with Crippen LogP contribution in [-0.2, 0) is 0 Å². The Morgan fingerprint density at radius 3 is 1.35 bits per heavy atom. The van der Waals surface area contributed by atoms with Gasteiger partial charge in [0.2, 0.25) is 0 Å². The lowest BCUT2D eigenvalue weighted by Gasteiger charge is -2.25. The summed E-state index contributed by atoms with van der Waals surface area (Å²) in [4.78, 5) is 22.2. The summed E-state index contributed by atoms with van der Waals surface area (Å²) in [5.74, 6) is 2.34. The number of rotatable bonds is 7. The van der Waals surface area contributed by atoms with Gasteiger partial charge in [0.15, 0.2) is 23.3 Å². The van der Waals surface area contributed by atoms with Gasteiger partial charge in [-0.1, -0.05) is 109 Å². The summed E-state index contributed by atoms with van der Waals surface area (Å²) in [5.41, 5.74) is 7.83. The number of hydrogen-bond acceptors (Lipinski definition) is 5. The Morgan fingerprint density at radius 2 is 0.804 bits per heavy atom. The Kier molecular flexibility index (Phi) is 7.05. The second kappa shape index (κ2) is 11.9. The van der Waals surface area contributed by atoms with E-state index in [1.54, 1.807) is 0 Å². The van der Waals surface area contributed by atoms with E-state index in [1.165, 1.54) is 0 Å². The van der Waals surface area contributed by atoms with E-state index in [0.29, 0.717) is 23.3 Å². The van der Waals surface area contributed by atoms with Crippen LogP contribution in [0.4, 0.5) is 17.1 Å². The second-order valence-electron chi connectivity index (χ2n) is 10.8. The molecule has 218 valence electrons. The van der Waals surface area contributed by atoms with E-state index in [-0.39, 0.29) is 0 Å². The number of para-hydroxylation sites is 4. The zero-order valence-corrected chi connectivity index (χ0v) is 24.8. The third-order valence-corrected chi connectivity index (χ3v) is 7.86. The Balaban J connectivity index is 1.29. The highest BCUT2D eigenvalue weighted by Crippen LogP contribution is 2.36. The van der Waals surface area contributed by atoms with Crippen LogP contribution in [0.5, 0.6) is 0 Å². The van der Waals surface area contributed by atoms with E-state index < -0.39 is 0 Å². The highest BCUT2D eigenvalue weighted by atomic mass is 15.2. The maximum Gasteiger partial charge on any atom is 0.200 e. The van der Waals surface area contributed by atoms with Gasteiger partial charge >= 0.3 is 0 Å². The molecule has 0 bridgehead atoms. The van der Waals surface area contributed by atoms with Crippen LogP contribution in [0.15, 0.2) is 170 Å². The van der Waals surface area contributed by atoms with Gasteiger partial charge < -0.3 is 4.90 Å². The zero-order chi connectivity index (χ0) is 30.7. The van der Waals surface area contributed by atoms with Gasteiger partial charge in [-0.3, -0.25) is 4.57 Å². The Hall–Kier alpha value is -6.40. The summed E-state index contributed by atoms with van der Waals surface area (Å²) in [6, 6.07) is 57.5. The third-order valence-electron chi connectivity index (χ3n) is 7.86. The van der Waals surface area contributed by atoms with Crippen molar-refractivity contribution in [3.05, 3.63) is 170 Å². The third kappa shape index (κ3) is 5.18. The number of fused-ring (bicyclic) bond motifs is 1. The van der Waals surface area contributed by atoms with E-state index in [1.807, 2.05) is 91.0 Å². The average Bonchev–Trinajstić information content (AvgIpc) is 3.53. The predicted octanol–water partition coefficient (Wildman–Crippen LogP) is 9.68. The molecule has 6 aromatic carbocycles. The lowest BCUT2D eigenvalue weighted by molar-refractivity contribution is 1.01. The first-order valence-corrected chi connectivity index (χ1v) is 15.2. The van der Waals surface area contributed by atoms with Gasteiger partial charge in [-0.25, -0.2) is 19.9 Å². The Labute approximate surface area is 267 Å². The van der Waals surface area contributed by atoms with Gasteiger partial charge in [-0.15, -0.1) is 0 Å². The number of nitrogens with zero attached hydrogens (tertiary/aromatic N) is 6. The first kappa shape index (κ1) is 27.2. The molecule has 0 unspecified atom stereocenters. The number of benzene rings is 6. The summed E-state index contributed by atoms with van der Waals surface area (Å²) in [6.07, 6.45) is 0. The fourth-order valence-electron chi connectivity index (χ4n) is 5.70. The van der Waals surface area contributed by atoms with Crippen LogP contribution >= 0.6 is 0 Å². The van der Waals surface area contributed by atoms with Crippen LogP contribution < -0.4 is 4.90 Å². The zero-order valence-electron chi connectivity index (χ0n) is 24.8. The number of anilines is 3. The fraction of sp³-hybridized carbons (Fsp3) is 0. The number of hydrogen-bond donors (Lipinski definition) is 0. The van der Waals surface area contributed by atoms with Crippen LogP contribution in [0.1, 0.15) is 0 Å². The maximum atomic E-state index is 5.08. The quantitative estimate of drug-likeness (QED) is 0.184. The maximum absolute atomic E-state index is 5.08. The van der Waals surface area contributed by atoms with Gasteiger partial charge in [0.25, 0.3) is 0 Å². The molecule has 0 fully saturated rings. The minimum Gasteiger partial charge on any atom is -0.311 e. The SMILES string of the molecule is c1ccc(-c2nc(-c3ccccc3)nc(-c3nc4ccccc4n3-c3ccc(N(c4ccccc4)c4ccccc4)cc3)n2)cc1. The molecular weight excluding hydrogens is 564 g/mol. The molecule has 0 aliphatic rings. The summed E-state index contributed by atoms with van der Waals surface area (Å²) in [7, 11) is 0. The van der Waals surface area contributed by atoms with Crippen molar-refractivity contribution in [3.8, 4) is 40.1 Å². The molecule has 6 heteroatoms. The molecule has 0 radical (unpaired) electrons. The van der Waals surface area contributed by atoms with Crippen LogP contribution in [0.3, 0.4) is 0 Å². The van der Waals surface area contributed by atoms with Gasteiger partial charge in [0, 0.05) is 33.9 Å². The lowest BCUT2D eigenvalue weighted by Crippen LogP contribution is -2.10. The molecule has 46 heavy (non-hydrogen) atoms. The van der Waals surface area contributed by atoms with Crippen molar-refractivity contribution in [2.45, 2.75) is 0 Å². The van der Waals surface area contributed by atoms with E-state index in [4.69, 9.17) is 19.9 Å². The van der Waals surface area contributed by atoms with Gasteiger partial charge in [0.05, 0.1) is 11.0 Å². The number of imidazole rings is 1. The molecule has 0 aliphatic carbocycles. The molecule has 8 rings (SSSR count). The molecule has 6 nitrogen and oxygen atoms in total. The monoisotopic (exact) mass is 592 g/mol. The van der Waals surface area contributed by atoms with Gasteiger partial charge in [-0.05, 0) is 60.7 Å². The summed E-state index contributed by atoms with van der Waals surface area (Å²) in [6.45, 7) is 0. The Morgan fingerprint density at radius 1 is 0.370 bits per heavy atom. The van der Waals surface area contributed by atoms with Crippen molar-refractivity contribution in [3.63, 3.8) is 0 Å². The number of aromatic nitrogens is 5. The van der Waals surface area contributed by atoms with Crippen molar-refractivity contribution in [2.75, 3.05) is 4.90 Å². The standard InChI is InChI=1S/C40H28N6/c1-5-15-29(16-6-1)37-42-38(30-17-7-2-8-18-30)44-39(43-37)40-41-35-23-13-14-24-36(35)46(40)34-27-25-33(26-28-34)45(31-19-9-3-10-20-31)32-21-11-4-12-22-32/h1-28H. The van der Waals surface area contributed by atoms with Crippen molar-refractivity contribution in [1.82, 2.24) is 24.5 Å². The molecule has 0 N–H and O–H groups in total. The molecular formula is C40H28N6. The predicted molar refractivity (Wildman–Crippen MR) is 185 cm³/mol. The van der Waals surface area contributed by atoms with E-state index in [2.05, 4.69) is 88.3 Å². The molecule has 0 saturated heterocycles. The fourth-order valence-corrected chi connectivity index (χ4v) is 5.70. The lowest BCUT2D eigenvalue weighted by atomic mass is 10.1. The molecule has 0 spiro atoms. The summed E-state index contributed by atoms with van der Waals surface area (Å²) in [5, 5.41) is 0. The van der Waals surface area contributed by atoms with Crippen molar-refractivity contribution in [2.24, 2.45) is 0 Å². The van der Waals surface area contributed by atoms with E-state index in [0.717, 1.165) is 44.9 Å². The van der Waals surface area contributed by atoms with Crippen molar-refractivity contribution < 1.29 is 0 Å². The van der Waals surface area contributed by atoms with Gasteiger partial charge in [0.1, 0.15) is 0 Å². The van der Waals surface area contributed by atoms with Crippen LogP contribution in [-0.4, -0.2) is 24.5 Å². The minimum absolute atomic E-state index is 0.503. The topological polar surface area (TPSA) is 59.7 Å². The van der Waals surface area contributed by atoms with Crippen LogP contribution in [0.25, 0.3) is 51.1 Å². The van der Waals surface area contributed by atoms with Gasteiger partial charge in [-0.2, -0.15) is 0 Å². The largest absolute Gasteiger partial charge is 0.311 e. The first-order valence-electron chi connectivity index (χ1n) is 15.2. The summed E-state index contributed by atoms with van der Waals surface area (Å²) < 4.78 is 2.13. The highest BCUT2D eigenvalue weighted by Gasteiger charge is 2.20.